The van der Waals surface area contributed by atoms with Crippen molar-refractivity contribution in [3.63, 3.8) is 0 Å². The minimum absolute atomic E-state index is 0.0932. The van der Waals surface area contributed by atoms with E-state index < -0.39 is 0 Å². The van der Waals surface area contributed by atoms with E-state index in [1.165, 1.54) is 7.11 Å². The standard InChI is InChI=1S/C20H23ClN2O4/c1-26-17-9-4-2-7-15(17)20(25)23-13-12-22-19(24)11-6-14-27-18-10-5-3-8-16(18)21/h2-5,7-10H,6,11-14H2,1H3,(H,22,24)(H,23,25). The Morgan fingerprint density at radius 2 is 1.63 bits per heavy atom. The fourth-order valence-electron chi connectivity index (χ4n) is 2.37. The number of rotatable bonds is 10. The van der Waals surface area contributed by atoms with Crippen LogP contribution in [0.15, 0.2) is 48.5 Å². The largest absolute Gasteiger partial charge is 0.496 e. The van der Waals surface area contributed by atoms with Gasteiger partial charge in [-0.05, 0) is 30.7 Å². The van der Waals surface area contributed by atoms with Crippen LogP contribution in [0, 0.1) is 0 Å². The minimum atomic E-state index is -0.241. The number of carbonyl (C=O) groups excluding carboxylic acids is 2. The zero-order chi connectivity index (χ0) is 19.5. The Kier molecular flexibility index (Phi) is 8.45. The predicted molar refractivity (Wildman–Crippen MR) is 105 cm³/mol. The van der Waals surface area contributed by atoms with E-state index in [-0.39, 0.29) is 11.8 Å². The summed E-state index contributed by atoms with van der Waals surface area (Å²) in [6.07, 6.45) is 0.912. The Hall–Kier alpha value is -2.73. The number of para-hydroxylation sites is 2. The molecule has 0 bridgehead atoms. The molecule has 0 heterocycles. The number of benzene rings is 2. The lowest BCUT2D eigenvalue weighted by Gasteiger charge is -2.10. The molecule has 0 aliphatic rings. The van der Waals surface area contributed by atoms with Gasteiger partial charge in [-0.25, -0.2) is 0 Å². The molecule has 0 saturated carbocycles. The zero-order valence-electron chi connectivity index (χ0n) is 15.2. The third kappa shape index (κ3) is 6.83. The second-order valence-corrected chi connectivity index (χ2v) is 6.10. The van der Waals surface area contributed by atoms with Crippen molar-refractivity contribution in [2.75, 3.05) is 26.8 Å². The lowest BCUT2D eigenvalue weighted by molar-refractivity contribution is -0.121. The van der Waals surface area contributed by atoms with Gasteiger partial charge < -0.3 is 20.1 Å². The maximum Gasteiger partial charge on any atom is 0.255 e. The number of halogens is 1. The molecule has 7 heteroatoms. The molecule has 2 N–H and O–H groups in total. The maximum atomic E-state index is 12.1. The van der Waals surface area contributed by atoms with E-state index in [1.54, 1.807) is 36.4 Å². The first-order valence-electron chi connectivity index (χ1n) is 8.67. The summed E-state index contributed by atoms with van der Waals surface area (Å²) < 4.78 is 10.7. The van der Waals surface area contributed by atoms with E-state index in [0.29, 0.717) is 54.6 Å². The van der Waals surface area contributed by atoms with Crippen molar-refractivity contribution in [1.82, 2.24) is 10.6 Å². The van der Waals surface area contributed by atoms with Gasteiger partial charge in [0, 0.05) is 19.5 Å². The second kappa shape index (κ2) is 11.1. The first-order valence-corrected chi connectivity index (χ1v) is 9.05. The number of hydrogen-bond donors (Lipinski definition) is 2. The van der Waals surface area contributed by atoms with Crippen LogP contribution in [0.5, 0.6) is 11.5 Å². The third-order valence-electron chi connectivity index (χ3n) is 3.73. The molecule has 0 aromatic heterocycles. The highest BCUT2D eigenvalue weighted by molar-refractivity contribution is 6.32. The molecule has 0 radical (unpaired) electrons. The molecule has 2 aromatic carbocycles. The van der Waals surface area contributed by atoms with Crippen molar-refractivity contribution in [2.24, 2.45) is 0 Å². The molecular weight excluding hydrogens is 368 g/mol. The predicted octanol–water partition coefficient (Wildman–Crippen LogP) is 3.05. The average molecular weight is 391 g/mol. The molecule has 0 unspecified atom stereocenters. The van der Waals surface area contributed by atoms with Crippen LogP contribution in [0.4, 0.5) is 0 Å². The smallest absolute Gasteiger partial charge is 0.255 e. The lowest BCUT2D eigenvalue weighted by Crippen LogP contribution is -2.34. The fraction of sp³-hybridized carbons (Fsp3) is 0.300. The summed E-state index contributed by atoms with van der Waals surface area (Å²) in [6, 6.07) is 14.2. The van der Waals surface area contributed by atoms with Crippen LogP contribution < -0.4 is 20.1 Å². The molecule has 0 aliphatic heterocycles. The Morgan fingerprint density at radius 1 is 0.963 bits per heavy atom. The van der Waals surface area contributed by atoms with Crippen molar-refractivity contribution in [3.8, 4) is 11.5 Å². The van der Waals surface area contributed by atoms with E-state index in [1.807, 2.05) is 12.1 Å². The Balaban J connectivity index is 1.59. The first-order chi connectivity index (χ1) is 13.1. The Morgan fingerprint density at radius 3 is 2.37 bits per heavy atom. The molecule has 27 heavy (non-hydrogen) atoms. The molecule has 0 spiro atoms. The van der Waals surface area contributed by atoms with Gasteiger partial charge in [-0.3, -0.25) is 9.59 Å². The molecule has 6 nitrogen and oxygen atoms in total. The van der Waals surface area contributed by atoms with E-state index in [9.17, 15) is 9.59 Å². The van der Waals surface area contributed by atoms with E-state index >= 15 is 0 Å². The quantitative estimate of drug-likeness (QED) is 0.611. The molecule has 0 fully saturated rings. The van der Waals surface area contributed by atoms with Crippen molar-refractivity contribution < 1.29 is 19.1 Å². The van der Waals surface area contributed by atoms with Crippen LogP contribution in [-0.2, 0) is 4.79 Å². The number of ether oxygens (including phenoxy) is 2. The summed E-state index contributed by atoms with van der Waals surface area (Å²) in [6.45, 7) is 1.09. The lowest BCUT2D eigenvalue weighted by atomic mass is 10.2. The number of nitrogens with one attached hydrogen (secondary N) is 2. The van der Waals surface area contributed by atoms with Gasteiger partial charge in [0.15, 0.2) is 0 Å². The second-order valence-electron chi connectivity index (χ2n) is 5.69. The molecule has 144 valence electrons. The summed E-state index contributed by atoms with van der Waals surface area (Å²) in [7, 11) is 1.52. The first kappa shape index (κ1) is 20.6. The Bertz CT molecular complexity index is 767. The molecule has 0 saturated heterocycles. The monoisotopic (exact) mass is 390 g/mol. The Labute approximate surface area is 163 Å². The van der Waals surface area contributed by atoms with Gasteiger partial charge in [-0.1, -0.05) is 35.9 Å². The SMILES string of the molecule is COc1ccccc1C(=O)NCCNC(=O)CCCOc1ccccc1Cl. The van der Waals surface area contributed by atoms with E-state index in [0.717, 1.165) is 0 Å². The number of amides is 2. The number of carbonyl (C=O) groups is 2. The van der Waals surface area contributed by atoms with Gasteiger partial charge in [0.1, 0.15) is 11.5 Å². The van der Waals surface area contributed by atoms with E-state index in [2.05, 4.69) is 10.6 Å². The summed E-state index contributed by atoms with van der Waals surface area (Å²) in [5, 5.41) is 6.06. The normalized spacial score (nSPS) is 10.1. The van der Waals surface area contributed by atoms with Gasteiger partial charge in [0.05, 0.1) is 24.3 Å². The highest BCUT2D eigenvalue weighted by atomic mass is 35.5. The van der Waals surface area contributed by atoms with Gasteiger partial charge in [0.2, 0.25) is 5.91 Å². The van der Waals surface area contributed by atoms with Crippen LogP contribution in [-0.4, -0.2) is 38.6 Å². The summed E-state index contributed by atoms with van der Waals surface area (Å²) in [4.78, 5) is 23.9. The molecule has 2 amide bonds. The van der Waals surface area contributed by atoms with Crippen LogP contribution in [0.3, 0.4) is 0 Å². The highest BCUT2D eigenvalue weighted by Gasteiger charge is 2.10. The van der Waals surface area contributed by atoms with Crippen molar-refractivity contribution >= 4 is 23.4 Å². The molecule has 0 aliphatic carbocycles. The van der Waals surface area contributed by atoms with Crippen molar-refractivity contribution in [2.45, 2.75) is 12.8 Å². The van der Waals surface area contributed by atoms with Gasteiger partial charge in [-0.15, -0.1) is 0 Å². The minimum Gasteiger partial charge on any atom is -0.496 e. The van der Waals surface area contributed by atoms with Crippen LogP contribution >= 0.6 is 11.6 Å². The van der Waals surface area contributed by atoms with Crippen molar-refractivity contribution in [1.29, 1.82) is 0 Å². The van der Waals surface area contributed by atoms with E-state index in [4.69, 9.17) is 21.1 Å². The average Bonchev–Trinajstić information content (AvgIpc) is 2.69. The number of methoxy groups -OCH3 is 1. The fourth-order valence-corrected chi connectivity index (χ4v) is 2.56. The van der Waals surface area contributed by atoms with Gasteiger partial charge in [-0.2, -0.15) is 0 Å². The molecule has 2 rings (SSSR count). The van der Waals surface area contributed by atoms with Crippen LogP contribution in [0.1, 0.15) is 23.2 Å². The van der Waals surface area contributed by atoms with Gasteiger partial charge >= 0.3 is 0 Å². The number of hydrogen-bond acceptors (Lipinski definition) is 4. The molecular formula is C20H23ClN2O4. The summed E-state index contributed by atoms with van der Waals surface area (Å²) >= 11 is 5.99. The van der Waals surface area contributed by atoms with Crippen molar-refractivity contribution in [3.05, 3.63) is 59.1 Å². The summed E-state index contributed by atoms with van der Waals surface area (Å²) in [5.41, 5.74) is 0.461. The third-order valence-corrected chi connectivity index (χ3v) is 4.04. The molecule has 0 atom stereocenters. The maximum absolute atomic E-state index is 12.1. The van der Waals surface area contributed by atoms with Crippen LogP contribution in [0.2, 0.25) is 5.02 Å². The van der Waals surface area contributed by atoms with Gasteiger partial charge in [0.25, 0.3) is 5.91 Å². The van der Waals surface area contributed by atoms with Crippen LogP contribution in [0.25, 0.3) is 0 Å². The molecule has 2 aromatic rings. The highest BCUT2D eigenvalue weighted by Crippen LogP contribution is 2.23. The topological polar surface area (TPSA) is 76.7 Å². The zero-order valence-corrected chi connectivity index (χ0v) is 15.9. The summed E-state index contributed by atoms with van der Waals surface area (Å²) in [5.74, 6) is 0.787.